The van der Waals surface area contributed by atoms with Crippen LogP contribution in [-0.4, -0.2) is 47.8 Å². The molecule has 10 heteroatoms. The molecule has 1 atom stereocenters. The van der Waals surface area contributed by atoms with Crippen molar-refractivity contribution in [3.63, 3.8) is 0 Å². The third kappa shape index (κ3) is 5.02. The number of thiocarbonyl (C=S) groups is 1. The number of hydrogen-bond donors (Lipinski definition) is 1. The number of nitrogens with one attached hydrogen (secondary N) is 1. The van der Waals surface area contributed by atoms with E-state index in [1.54, 1.807) is 18.2 Å². The molecule has 6 nitrogen and oxygen atoms in total. The van der Waals surface area contributed by atoms with Crippen LogP contribution < -0.4 is 5.32 Å². The van der Waals surface area contributed by atoms with Gasteiger partial charge >= 0.3 is 0 Å². The van der Waals surface area contributed by atoms with Gasteiger partial charge in [0.1, 0.15) is 10.1 Å². The molecule has 1 saturated heterocycles. The quantitative estimate of drug-likeness (QED) is 0.572. The largest absolute Gasteiger partial charge is 0.349 e. The maximum Gasteiger partial charge on any atom is 0.266 e. The Labute approximate surface area is 165 Å². The molecule has 142 valence electrons. The number of benzene rings is 1. The Kier molecular flexibility index (Phi) is 5.78. The highest BCUT2D eigenvalue weighted by atomic mass is 32.2. The molecule has 3 rings (SSSR count). The van der Waals surface area contributed by atoms with Crippen molar-refractivity contribution in [2.45, 2.75) is 12.5 Å². The Morgan fingerprint density at radius 1 is 1.44 bits per heavy atom. The molecular formula is C17H15FN2O4S3. The zero-order valence-corrected chi connectivity index (χ0v) is 16.4. The van der Waals surface area contributed by atoms with Crippen molar-refractivity contribution in [2.24, 2.45) is 0 Å². The van der Waals surface area contributed by atoms with Gasteiger partial charge in [-0.05, 0) is 29.8 Å². The van der Waals surface area contributed by atoms with Crippen molar-refractivity contribution in [3.05, 3.63) is 52.0 Å². The number of carbonyl (C=O) groups is 2. The van der Waals surface area contributed by atoms with Crippen LogP contribution in [0.4, 0.5) is 4.39 Å². The summed E-state index contributed by atoms with van der Waals surface area (Å²) in [5.41, 5.74) is 0.544. The Morgan fingerprint density at radius 2 is 2.22 bits per heavy atom. The maximum absolute atomic E-state index is 13.3. The average Bonchev–Trinajstić information content (AvgIpc) is 3.05. The lowest BCUT2D eigenvalue weighted by Crippen LogP contribution is -2.38. The lowest BCUT2D eigenvalue weighted by molar-refractivity contribution is -0.124. The second-order valence-corrected chi connectivity index (χ2v) is 9.58. The molecule has 0 bridgehead atoms. The lowest BCUT2D eigenvalue weighted by Gasteiger charge is -2.15. The molecule has 2 aliphatic heterocycles. The fourth-order valence-corrected chi connectivity index (χ4v) is 5.14. The smallest absolute Gasteiger partial charge is 0.266 e. The van der Waals surface area contributed by atoms with Gasteiger partial charge in [0.2, 0.25) is 5.91 Å². The molecule has 27 heavy (non-hydrogen) atoms. The van der Waals surface area contributed by atoms with Crippen LogP contribution in [-0.2, 0) is 19.4 Å². The Hall–Kier alpha value is -2.04. The van der Waals surface area contributed by atoms with Crippen LogP contribution in [0.15, 0.2) is 40.7 Å². The first-order chi connectivity index (χ1) is 12.7. The van der Waals surface area contributed by atoms with Gasteiger partial charge < -0.3 is 5.32 Å². The highest BCUT2D eigenvalue weighted by Crippen LogP contribution is 2.32. The SMILES string of the molecule is O=C(CCN1C(=O)/C(=C\c2cccc(F)c2)SC1=S)NC1C=CS(=O)(=O)C1. The minimum absolute atomic E-state index is 0.00985. The fourth-order valence-electron chi connectivity index (χ4n) is 2.60. The molecule has 1 aromatic rings. The van der Waals surface area contributed by atoms with E-state index in [2.05, 4.69) is 5.32 Å². The van der Waals surface area contributed by atoms with Crippen molar-refractivity contribution in [3.8, 4) is 0 Å². The van der Waals surface area contributed by atoms with E-state index in [1.165, 1.54) is 23.1 Å². The summed E-state index contributed by atoms with van der Waals surface area (Å²) in [6.45, 7) is 0.0835. The van der Waals surface area contributed by atoms with Crippen LogP contribution in [0.1, 0.15) is 12.0 Å². The number of nitrogens with zero attached hydrogens (tertiary/aromatic N) is 1. The van der Waals surface area contributed by atoms with Gasteiger partial charge in [-0.1, -0.05) is 36.1 Å². The topological polar surface area (TPSA) is 83.6 Å². The summed E-state index contributed by atoms with van der Waals surface area (Å²) in [6.07, 6.45) is 2.97. The summed E-state index contributed by atoms with van der Waals surface area (Å²) in [5.74, 6) is -1.27. The standard InChI is InChI=1S/C17H15FN2O4S3/c18-12-3-1-2-11(8-12)9-14-16(22)20(17(25)26-14)6-4-15(21)19-13-5-7-27(23,24)10-13/h1-3,5,7-9,13H,4,6,10H2,(H,19,21)/b14-9+. The number of hydrogen-bond acceptors (Lipinski definition) is 6. The van der Waals surface area contributed by atoms with Gasteiger partial charge in [0.25, 0.3) is 5.91 Å². The first-order valence-electron chi connectivity index (χ1n) is 7.95. The van der Waals surface area contributed by atoms with Crippen molar-refractivity contribution in [2.75, 3.05) is 12.3 Å². The zero-order valence-electron chi connectivity index (χ0n) is 13.9. The van der Waals surface area contributed by atoms with Crippen LogP contribution in [0.2, 0.25) is 0 Å². The van der Waals surface area contributed by atoms with E-state index in [0.29, 0.717) is 14.8 Å². The van der Waals surface area contributed by atoms with E-state index in [0.717, 1.165) is 17.2 Å². The van der Waals surface area contributed by atoms with Crippen LogP contribution in [0.3, 0.4) is 0 Å². The number of halogens is 1. The lowest BCUT2D eigenvalue weighted by atomic mass is 10.2. The molecule has 2 heterocycles. The summed E-state index contributed by atoms with van der Waals surface area (Å²) >= 11 is 6.28. The molecule has 1 fully saturated rings. The van der Waals surface area contributed by atoms with Crippen LogP contribution in [0.5, 0.6) is 0 Å². The molecular weight excluding hydrogens is 411 g/mol. The predicted molar refractivity (Wildman–Crippen MR) is 106 cm³/mol. The normalized spacial score (nSPS) is 22.6. The van der Waals surface area contributed by atoms with Gasteiger partial charge in [0.05, 0.1) is 16.7 Å². The van der Waals surface area contributed by atoms with Crippen LogP contribution in [0.25, 0.3) is 6.08 Å². The van der Waals surface area contributed by atoms with Gasteiger partial charge in [-0.25, -0.2) is 12.8 Å². The average molecular weight is 427 g/mol. The Balaban J connectivity index is 1.58. The molecule has 0 saturated carbocycles. The number of thioether (sulfide) groups is 1. The molecule has 0 aliphatic carbocycles. The second-order valence-electron chi connectivity index (χ2n) is 5.97. The Morgan fingerprint density at radius 3 is 2.89 bits per heavy atom. The van der Waals surface area contributed by atoms with E-state index in [1.807, 2.05) is 0 Å². The molecule has 0 aromatic heterocycles. The van der Waals surface area contributed by atoms with Crippen molar-refractivity contribution in [1.82, 2.24) is 10.2 Å². The minimum atomic E-state index is -3.25. The second kappa shape index (κ2) is 7.91. The van der Waals surface area contributed by atoms with Crippen LogP contribution >= 0.6 is 24.0 Å². The van der Waals surface area contributed by atoms with Gasteiger partial charge in [0, 0.05) is 18.4 Å². The van der Waals surface area contributed by atoms with E-state index >= 15 is 0 Å². The van der Waals surface area contributed by atoms with Crippen LogP contribution in [0, 0.1) is 5.82 Å². The maximum atomic E-state index is 13.3. The summed E-state index contributed by atoms with van der Waals surface area (Å²) in [7, 11) is -3.25. The molecule has 0 spiro atoms. The van der Waals surface area contributed by atoms with Gasteiger partial charge in [-0.3, -0.25) is 14.5 Å². The first kappa shape index (κ1) is 19.7. The van der Waals surface area contributed by atoms with Crippen molar-refractivity contribution < 1.29 is 22.4 Å². The Bertz CT molecular complexity index is 972. The molecule has 0 radical (unpaired) electrons. The van der Waals surface area contributed by atoms with Crippen molar-refractivity contribution >= 4 is 56.0 Å². The van der Waals surface area contributed by atoms with E-state index in [-0.39, 0.29) is 30.5 Å². The highest BCUT2D eigenvalue weighted by Gasteiger charge is 2.32. The van der Waals surface area contributed by atoms with Crippen molar-refractivity contribution in [1.29, 1.82) is 0 Å². The summed E-state index contributed by atoms with van der Waals surface area (Å²) < 4.78 is 36.3. The number of amides is 2. The number of rotatable bonds is 5. The molecule has 1 N–H and O–H groups in total. The monoisotopic (exact) mass is 426 g/mol. The molecule has 1 aromatic carbocycles. The third-order valence-electron chi connectivity index (χ3n) is 3.86. The zero-order chi connectivity index (χ0) is 19.6. The van der Waals surface area contributed by atoms with E-state index < -0.39 is 21.7 Å². The number of carbonyl (C=O) groups excluding carboxylic acids is 2. The van der Waals surface area contributed by atoms with E-state index in [9.17, 15) is 22.4 Å². The van der Waals surface area contributed by atoms with Gasteiger partial charge in [-0.2, -0.15) is 0 Å². The first-order valence-corrected chi connectivity index (χ1v) is 10.9. The highest BCUT2D eigenvalue weighted by molar-refractivity contribution is 8.26. The summed E-state index contributed by atoms with van der Waals surface area (Å²) in [6, 6.07) is 5.28. The molecule has 2 amide bonds. The minimum Gasteiger partial charge on any atom is -0.349 e. The predicted octanol–water partition coefficient (Wildman–Crippen LogP) is 1.84. The molecule has 2 aliphatic rings. The fraction of sp³-hybridized carbons (Fsp3) is 0.235. The third-order valence-corrected chi connectivity index (χ3v) is 6.63. The van der Waals surface area contributed by atoms with Gasteiger partial charge in [-0.15, -0.1) is 0 Å². The molecule has 1 unspecified atom stereocenters. The number of sulfone groups is 1. The summed E-state index contributed by atoms with van der Waals surface area (Å²) in [4.78, 5) is 26.2. The van der Waals surface area contributed by atoms with Gasteiger partial charge in [0.15, 0.2) is 9.84 Å². The summed E-state index contributed by atoms with van der Waals surface area (Å²) in [5, 5.41) is 3.68. The van der Waals surface area contributed by atoms with E-state index in [4.69, 9.17) is 12.2 Å².